The SMILES string of the molecule is C=CCNC(=O)NC[C@@H](O)COCc1ccc(OC)cc1. The molecule has 0 radical (unpaired) electrons. The summed E-state index contributed by atoms with van der Waals surface area (Å²) in [5.74, 6) is 0.786. The molecule has 1 rings (SSSR count). The largest absolute Gasteiger partial charge is 0.497 e. The summed E-state index contributed by atoms with van der Waals surface area (Å²) in [6.45, 7) is 4.54. The van der Waals surface area contributed by atoms with Crippen LogP contribution in [0.3, 0.4) is 0 Å². The number of hydrogen-bond donors (Lipinski definition) is 3. The van der Waals surface area contributed by atoms with Gasteiger partial charge >= 0.3 is 6.03 Å². The lowest BCUT2D eigenvalue weighted by Gasteiger charge is -2.13. The molecule has 0 aliphatic carbocycles. The van der Waals surface area contributed by atoms with Crippen molar-refractivity contribution in [1.82, 2.24) is 10.6 Å². The molecular weight excluding hydrogens is 272 g/mol. The fourth-order valence-corrected chi connectivity index (χ4v) is 1.53. The van der Waals surface area contributed by atoms with Gasteiger partial charge in [-0.3, -0.25) is 0 Å². The molecule has 0 spiro atoms. The molecule has 3 N–H and O–H groups in total. The first-order valence-corrected chi connectivity index (χ1v) is 6.67. The van der Waals surface area contributed by atoms with Gasteiger partial charge in [-0.25, -0.2) is 4.79 Å². The van der Waals surface area contributed by atoms with Crippen LogP contribution in [0.1, 0.15) is 5.56 Å². The minimum Gasteiger partial charge on any atom is -0.497 e. The van der Waals surface area contributed by atoms with Gasteiger partial charge in [-0.05, 0) is 17.7 Å². The average Bonchev–Trinajstić information content (AvgIpc) is 2.51. The molecule has 1 aromatic rings. The topological polar surface area (TPSA) is 79.8 Å². The van der Waals surface area contributed by atoms with Gasteiger partial charge < -0.3 is 25.2 Å². The number of ether oxygens (including phenoxy) is 2. The summed E-state index contributed by atoms with van der Waals surface area (Å²) in [6, 6.07) is 7.14. The number of hydrogen-bond acceptors (Lipinski definition) is 4. The molecule has 0 fully saturated rings. The van der Waals surface area contributed by atoms with Gasteiger partial charge in [-0.1, -0.05) is 18.2 Å². The summed E-state index contributed by atoms with van der Waals surface area (Å²) in [6.07, 6.45) is 0.825. The zero-order valence-corrected chi connectivity index (χ0v) is 12.2. The van der Waals surface area contributed by atoms with Crippen molar-refractivity contribution in [3.05, 3.63) is 42.5 Å². The van der Waals surface area contributed by atoms with Crippen LogP contribution >= 0.6 is 0 Å². The second kappa shape index (κ2) is 9.79. The highest BCUT2D eigenvalue weighted by Crippen LogP contribution is 2.11. The Balaban J connectivity index is 2.16. The lowest BCUT2D eigenvalue weighted by molar-refractivity contribution is 0.0300. The van der Waals surface area contributed by atoms with E-state index in [2.05, 4.69) is 17.2 Å². The predicted molar refractivity (Wildman–Crippen MR) is 80.3 cm³/mol. The Bertz CT molecular complexity index is 434. The van der Waals surface area contributed by atoms with E-state index < -0.39 is 6.10 Å². The van der Waals surface area contributed by atoms with E-state index in [1.54, 1.807) is 13.2 Å². The summed E-state index contributed by atoms with van der Waals surface area (Å²) >= 11 is 0. The van der Waals surface area contributed by atoms with Gasteiger partial charge in [-0.2, -0.15) is 0 Å². The number of methoxy groups -OCH3 is 1. The Hall–Kier alpha value is -2.05. The highest BCUT2D eigenvalue weighted by Gasteiger charge is 2.06. The maximum Gasteiger partial charge on any atom is 0.315 e. The van der Waals surface area contributed by atoms with Gasteiger partial charge in [-0.15, -0.1) is 6.58 Å². The highest BCUT2D eigenvalue weighted by molar-refractivity contribution is 5.73. The van der Waals surface area contributed by atoms with Crippen LogP contribution in [-0.4, -0.2) is 44.0 Å². The fourth-order valence-electron chi connectivity index (χ4n) is 1.53. The second-order valence-electron chi connectivity index (χ2n) is 4.40. The first kappa shape index (κ1) is 17.0. The minimum atomic E-state index is -0.752. The molecule has 0 aliphatic rings. The van der Waals surface area contributed by atoms with Crippen LogP contribution in [0.5, 0.6) is 5.75 Å². The number of rotatable bonds is 9. The molecule has 0 unspecified atom stereocenters. The number of aliphatic hydroxyl groups is 1. The molecule has 0 bridgehead atoms. The van der Waals surface area contributed by atoms with Gasteiger partial charge in [0.05, 0.1) is 26.4 Å². The quantitative estimate of drug-likeness (QED) is 0.595. The molecule has 0 aromatic heterocycles. The molecule has 1 aromatic carbocycles. The molecule has 1 atom stereocenters. The zero-order valence-electron chi connectivity index (χ0n) is 12.2. The van der Waals surface area contributed by atoms with Crippen molar-refractivity contribution in [3.8, 4) is 5.75 Å². The maximum atomic E-state index is 11.2. The molecule has 6 heteroatoms. The Morgan fingerprint density at radius 1 is 1.38 bits per heavy atom. The van der Waals surface area contributed by atoms with Crippen LogP contribution in [0.15, 0.2) is 36.9 Å². The van der Waals surface area contributed by atoms with Crippen molar-refractivity contribution >= 4 is 6.03 Å². The van der Waals surface area contributed by atoms with Crippen LogP contribution in [0.2, 0.25) is 0 Å². The molecule has 0 saturated carbocycles. The molecule has 0 heterocycles. The molecule has 21 heavy (non-hydrogen) atoms. The summed E-state index contributed by atoms with van der Waals surface area (Å²) in [5.41, 5.74) is 0.986. The molecule has 0 aliphatic heterocycles. The average molecular weight is 294 g/mol. The third kappa shape index (κ3) is 7.34. The van der Waals surface area contributed by atoms with Crippen LogP contribution in [0.25, 0.3) is 0 Å². The van der Waals surface area contributed by atoms with Crippen LogP contribution in [0.4, 0.5) is 4.79 Å². The van der Waals surface area contributed by atoms with Crippen molar-refractivity contribution in [2.24, 2.45) is 0 Å². The second-order valence-corrected chi connectivity index (χ2v) is 4.40. The first-order chi connectivity index (χ1) is 10.2. The lowest BCUT2D eigenvalue weighted by atomic mass is 10.2. The number of amides is 2. The van der Waals surface area contributed by atoms with E-state index in [0.717, 1.165) is 11.3 Å². The van der Waals surface area contributed by atoms with Gasteiger partial charge in [0, 0.05) is 13.1 Å². The van der Waals surface area contributed by atoms with Crippen molar-refractivity contribution < 1.29 is 19.4 Å². The van der Waals surface area contributed by atoms with Gasteiger partial charge in [0.25, 0.3) is 0 Å². The Morgan fingerprint density at radius 3 is 2.71 bits per heavy atom. The van der Waals surface area contributed by atoms with Gasteiger partial charge in [0.2, 0.25) is 0 Å². The smallest absolute Gasteiger partial charge is 0.315 e. The number of carbonyl (C=O) groups is 1. The summed E-state index contributed by atoms with van der Waals surface area (Å²) in [4.78, 5) is 11.2. The monoisotopic (exact) mass is 294 g/mol. The van der Waals surface area contributed by atoms with Crippen molar-refractivity contribution in [3.63, 3.8) is 0 Å². The predicted octanol–water partition coefficient (Wildman–Crippen LogP) is 1.06. The summed E-state index contributed by atoms with van der Waals surface area (Å²) in [5, 5.41) is 14.8. The van der Waals surface area contributed by atoms with Crippen molar-refractivity contribution in [2.45, 2.75) is 12.7 Å². The Kier molecular flexibility index (Phi) is 7.93. The van der Waals surface area contributed by atoms with Crippen molar-refractivity contribution in [1.29, 1.82) is 0 Å². The first-order valence-electron chi connectivity index (χ1n) is 6.67. The normalized spacial score (nSPS) is 11.5. The fraction of sp³-hybridized carbons (Fsp3) is 0.400. The van der Waals surface area contributed by atoms with E-state index in [-0.39, 0.29) is 19.2 Å². The number of urea groups is 1. The third-order valence-corrected chi connectivity index (χ3v) is 2.64. The Morgan fingerprint density at radius 2 is 2.10 bits per heavy atom. The number of aliphatic hydroxyl groups excluding tert-OH is 1. The van der Waals surface area contributed by atoms with E-state index in [0.29, 0.717) is 13.2 Å². The molecule has 0 saturated heterocycles. The number of nitrogens with one attached hydrogen (secondary N) is 2. The number of benzene rings is 1. The standard InChI is InChI=1S/C15H22N2O4/c1-3-8-16-15(19)17-9-13(18)11-21-10-12-4-6-14(20-2)7-5-12/h3-7,13,18H,1,8-11H2,2H3,(H2,16,17,19)/t13-/m1/s1. The minimum absolute atomic E-state index is 0.131. The zero-order chi connectivity index (χ0) is 15.5. The molecule has 116 valence electrons. The van der Waals surface area contributed by atoms with E-state index in [1.165, 1.54) is 0 Å². The lowest BCUT2D eigenvalue weighted by Crippen LogP contribution is -2.40. The van der Waals surface area contributed by atoms with Crippen molar-refractivity contribution in [2.75, 3.05) is 26.8 Å². The molecule has 6 nitrogen and oxygen atoms in total. The van der Waals surface area contributed by atoms with Crippen LogP contribution in [-0.2, 0) is 11.3 Å². The maximum absolute atomic E-state index is 11.2. The van der Waals surface area contributed by atoms with Crippen LogP contribution < -0.4 is 15.4 Å². The van der Waals surface area contributed by atoms with E-state index >= 15 is 0 Å². The molecule has 2 amide bonds. The summed E-state index contributed by atoms with van der Waals surface area (Å²) in [7, 11) is 1.61. The van der Waals surface area contributed by atoms with Gasteiger partial charge in [0.15, 0.2) is 0 Å². The number of carbonyl (C=O) groups excluding carboxylic acids is 1. The Labute approximate surface area is 124 Å². The molecular formula is C15H22N2O4. The van der Waals surface area contributed by atoms with E-state index in [1.807, 2.05) is 24.3 Å². The third-order valence-electron chi connectivity index (χ3n) is 2.64. The van der Waals surface area contributed by atoms with Crippen LogP contribution in [0, 0.1) is 0 Å². The van der Waals surface area contributed by atoms with Gasteiger partial charge in [0.1, 0.15) is 5.75 Å². The highest BCUT2D eigenvalue weighted by atomic mass is 16.5. The summed E-state index contributed by atoms with van der Waals surface area (Å²) < 4.78 is 10.5. The van der Waals surface area contributed by atoms with E-state index in [9.17, 15) is 9.90 Å². The van der Waals surface area contributed by atoms with E-state index in [4.69, 9.17) is 9.47 Å².